The number of amides is 1. The summed E-state index contributed by atoms with van der Waals surface area (Å²) in [5.41, 5.74) is -0.866. The van der Waals surface area contributed by atoms with Crippen LogP contribution < -0.4 is 5.43 Å². The molecule has 1 heterocycles. The third kappa shape index (κ3) is 3.45. The first kappa shape index (κ1) is 17.6. The van der Waals surface area contributed by atoms with Crippen molar-refractivity contribution >= 4 is 17.5 Å². The number of hydrogen-bond donors (Lipinski definition) is 2. The molecule has 0 radical (unpaired) electrons. The fourth-order valence-corrected chi connectivity index (χ4v) is 2.51. The van der Waals surface area contributed by atoms with E-state index in [9.17, 15) is 23.1 Å². The summed E-state index contributed by atoms with van der Waals surface area (Å²) in [5.74, 6) is -1.06. The van der Waals surface area contributed by atoms with Crippen molar-refractivity contribution in [1.29, 1.82) is 0 Å². The normalized spacial score (nSPS) is 23.5. The highest BCUT2D eigenvalue weighted by molar-refractivity contribution is 6.30. The summed E-state index contributed by atoms with van der Waals surface area (Å²) >= 11 is 5.77. The van der Waals surface area contributed by atoms with Crippen molar-refractivity contribution in [2.45, 2.75) is 32.2 Å². The molecule has 1 atom stereocenters. The molecule has 0 saturated carbocycles. The van der Waals surface area contributed by atoms with E-state index in [4.69, 9.17) is 11.6 Å². The summed E-state index contributed by atoms with van der Waals surface area (Å²) in [5, 5.41) is 10.5. The SMILES string of the molecule is CC(C)C=C1CC(O)(C(F)(F)F)N(C(=O)c2cccc(Cl)c2)N1. The smallest absolute Gasteiger partial charge is 0.362 e. The molecule has 1 amide bonds. The average Bonchev–Trinajstić information content (AvgIpc) is 2.74. The van der Waals surface area contributed by atoms with Gasteiger partial charge in [0, 0.05) is 22.7 Å². The van der Waals surface area contributed by atoms with Crippen LogP contribution in [0.3, 0.4) is 0 Å². The molecule has 1 aromatic rings. The topological polar surface area (TPSA) is 52.6 Å². The van der Waals surface area contributed by atoms with Crippen LogP contribution in [0, 0.1) is 5.92 Å². The number of benzene rings is 1. The molecule has 1 unspecified atom stereocenters. The minimum atomic E-state index is -5.01. The number of carbonyl (C=O) groups excluding carboxylic acids is 1. The lowest BCUT2D eigenvalue weighted by molar-refractivity contribution is -0.299. The van der Waals surface area contributed by atoms with Gasteiger partial charge in [0.25, 0.3) is 11.6 Å². The fraction of sp³-hybridized carbons (Fsp3) is 0.400. The van der Waals surface area contributed by atoms with Crippen LogP contribution in [0.4, 0.5) is 13.2 Å². The van der Waals surface area contributed by atoms with Crippen molar-refractivity contribution in [3.05, 3.63) is 46.6 Å². The highest BCUT2D eigenvalue weighted by Crippen LogP contribution is 2.41. The van der Waals surface area contributed by atoms with Gasteiger partial charge in [-0.25, -0.2) is 5.01 Å². The molecule has 0 bridgehead atoms. The maximum absolute atomic E-state index is 13.3. The zero-order valence-corrected chi connectivity index (χ0v) is 13.2. The van der Waals surface area contributed by atoms with Gasteiger partial charge in [0.05, 0.1) is 0 Å². The first-order valence-corrected chi connectivity index (χ1v) is 7.29. The number of nitrogens with zero attached hydrogens (tertiary/aromatic N) is 1. The number of alkyl halides is 3. The van der Waals surface area contributed by atoms with E-state index in [2.05, 4.69) is 5.43 Å². The van der Waals surface area contributed by atoms with Crippen molar-refractivity contribution in [2.24, 2.45) is 5.92 Å². The minimum absolute atomic E-state index is 0.0452. The molecule has 1 aromatic carbocycles. The Labute approximate surface area is 136 Å². The van der Waals surface area contributed by atoms with E-state index in [-0.39, 0.29) is 27.2 Å². The number of halogens is 4. The van der Waals surface area contributed by atoms with Gasteiger partial charge in [-0.2, -0.15) is 13.2 Å². The van der Waals surface area contributed by atoms with Crippen LogP contribution >= 0.6 is 11.6 Å². The monoisotopic (exact) mass is 348 g/mol. The third-order valence-corrected chi connectivity index (χ3v) is 3.56. The quantitative estimate of drug-likeness (QED) is 0.860. The van der Waals surface area contributed by atoms with E-state index < -0.39 is 24.2 Å². The largest absolute Gasteiger partial charge is 0.438 e. The Balaban J connectivity index is 2.43. The zero-order valence-electron chi connectivity index (χ0n) is 12.5. The van der Waals surface area contributed by atoms with Crippen molar-refractivity contribution < 1.29 is 23.1 Å². The van der Waals surface area contributed by atoms with Gasteiger partial charge < -0.3 is 5.11 Å². The second-order valence-corrected chi connectivity index (χ2v) is 6.13. The first-order chi connectivity index (χ1) is 10.5. The van der Waals surface area contributed by atoms with Crippen LogP contribution in [0.15, 0.2) is 36.0 Å². The van der Waals surface area contributed by atoms with Gasteiger partial charge in [0.1, 0.15) is 0 Å². The lowest BCUT2D eigenvalue weighted by Crippen LogP contribution is -2.59. The van der Waals surface area contributed by atoms with Crippen LogP contribution in [0.5, 0.6) is 0 Å². The third-order valence-electron chi connectivity index (χ3n) is 3.33. The highest BCUT2D eigenvalue weighted by Gasteiger charge is 2.63. The predicted octanol–water partition coefficient (Wildman–Crippen LogP) is 3.48. The van der Waals surface area contributed by atoms with E-state index in [0.29, 0.717) is 0 Å². The van der Waals surface area contributed by atoms with Crippen LogP contribution in [0.1, 0.15) is 30.6 Å². The molecule has 2 rings (SSSR count). The highest BCUT2D eigenvalue weighted by atomic mass is 35.5. The number of hydrazine groups is 1. The molecule has 8 heteroatoms. The second kappa shape index (κ2) is 6.05. The summed E-state index contributed by atoms with van der Waals surface area (Å²) in [6, 6.07) is 5.52. The summed E-state index contributed by atoms with van der Waals surface area (Å²) in [4.78, 5) is 12.4. The Morgan fingerprint density at radius 1 is 1.48 bits per heavy atom. The van der Waals surface area contributed by atoms with Gasteiger partial charge >= 0.3 is 6.18 Å². The molecule has 1 saturated heterocycles. The average molecular weight is 349 g/mol. The molecular weight excluding hydrogens is 333 g/mol. The zero-order chi connectivity index (χ0) is 17.4. The lowest BCUT2D eigenvalue weighted by Gasteiger charge is -2.33. The Hall–Kier alpha value is -1.73. The van der Waals surface area contributed by atoms with E-state index in [0.717, 1.165) is 0 Å². The Kier molecular flexibility index (Phi) is 4.64. The molecule has 1 aliphatic heterocycles. The summed E-state index contributed by atoms with van der Waals surface area (Å²) < 4.78 is 40.0. The van der Waals surface area contributed by atoms with Gasteiger partial charge in [0.2, 0.25) is 0 Å². The number of aliphatic hydroxyl groups is 1. The van der Waals surface area contributed by atoms with Crippen LogP contribution in [-0.4, -0.2) is 27.9 Å². The van der Waals surface area contributed by atoms with Crippen LogP contribution in [0.2, 0.25) is 5.02 Å². The van der Waals surface area contributed by atoms with E-state index in [1.165, 1.54) is 30.3 Å². The van der Waals surface area contributed by atoms with Gasteiger partial charge in [-0.15, -0.1) is 0 Å². The van der Waals surface area contributed by atoms with Gasteiger partial charge in [-0.05, 0) is 24.1 Å². The molecule has 0 aromatic heterocycles. The number of rotatable bonds is 2. The molecule has 4 nitrogen and oxygen atoms in total. The van der Waals surface area contributed by atoms with Gasteiger partial charge in [-0.3, -0.25) is 10.2 Å². The van der Waals surface area contributed by atoms with Crippen molar-refractivity contribution in [3.63, 3.8) is 0 Å². The molecule has 1 aliphatic rings. The summed E-state index contributed by atoms with van der Waals surface area (Å²) in [7, 11) is 0. The second-order valence-electron chi connectivity index (χ2n) is 5.69. The lowest BCUT2D eigenvalue weighted by atomic mass is 10.1. The molecular formula is C15H16ClF3N2O2. The van der Waals surface area contributed by atoms with Gasteiger partial charge in [-0.1, -0.05) is 37.6 Å². The van der Waals surface area contributed by atoms with Crippen LogP contribution in [-0.2, 0) is 0 Å². The Morgan fingerprint density at radius 3 is 2.65 bits per heavy atom. The molecule has 0 aliphatic carbocycles. The molecule has 126 valence electrons. The summed E-state index contributed by atoms with van der Waals surface area (Å²) in [6.45, 7) is 3.56. The standard InChI is InChI=1S/C15H16ClF3N2O2/c1-9(2)6-12-8-14(23,15(17,18)19)21(20-12)13(22)10-4-3-5-11(16)7-10/h3-7,9,20,23H,8H2,1-2H3. The van der Waals surface area contributed by atoms with Gasteiger partial charge in [0.15, 0.2) is 0 Å². The maximum Gasteiger partial charge on any atom is 0.438 e. The number of allylic oxidation sites excluding steroid dienone is 1. The number of nitrogens with one attached hydrogen (secondary N) is 1. The fourth-order valence-electron chi connectivity index (χ4n) is 2.32. The molecule has 23 heavy (non-hydrogen) atoms. The van der Waals surface area contributed by atoms with Crippen molar-refractivity contribution in [1.82, 2.24) is 10.4 Å². The number of hydrogen-bond acceptors (Lipinski definition) is 3. The van der Waals surface area contributed by atoms with E-state index in [1.807, 2.05) is 0 Å². The predicted molar refractivity (Wildman–Crippen MR) is 79.3 cm³/mol. The summed E-state index contributed by atoms with van der Waals surface area (Å²) in [6.07, 6.45) is -4.23. The van der Waals surface area contributed by atoms with Crippen molar-refractivity contribution in [3.8, 4) is 0 Å². The first-order valence-electron chi connectivity index (χ1n) is 6.91. The van der Waals surface area contributed by atoms with E-state index in [1.54, 1.807) is 13.8 Å². The Bertz CT molecular complexity index is 646. The maximum atomic E-state index is 13.3. The van der Waals surface area contributed by atoms with Crippen LogP contribution in [0.25, 0.3) is 0 Å². The molecule has 0 spiro atoms. The minimum Gasteiger partial charge on any atom is -0.362 e. The molecule has 1 fully saturated rings. The van der Waals surface area contributed by atoms with Crippen molar-refractivity contribution in [2.75, 3.05) is 0 Å². The molecule has 2 N–H and O–H groups in total. The van der Waals surface area contributed by atoms with E-state index >= 15 is 0 Å². The number of carbonyl (C=O) groups is 1. The Morgan fingerprint density at radius 2 is 2.13 bits per heavy atom.